The SMILES string of the molecule is CCNc1cc(-n2cncn2)nc(-c2ccccc2)n1. The van der Waals surface area contributed by atoms with E-state index in [4.69, 9.17) is 0 Å². The Morgan fingerprint density at radius 1 is 1.15 bits per heavy atom. The summed E-state index contributed by atoms with van der Waals surface area (Å²) >= 11 is 0. The average Bonchev–Trinajstić information content (AvgIpc) is 3.02. The molecule has 3 rings (SSSR count). The molecular weight excluding hydrogens is 252 g/mol. The minimum absolute atomic E-state index is 0.662. The first kappa shape index (κ1) is 12.3. The monoisotopic (exact) mass is 266 g/mol. The Labute approximate surface area is 116 Å². The number of benzene rings is 1. The molecule has 20 heavy (non-hydrogen) atoms. The van der Waals surface area contributed by atoms with Gasteiger partial charge in [-0.1, -0.05) is 30.3 Å². The second kappa shape index (κ2) is 5.48. The normalized spacial score (nSPS) is 10.4. The highest BCUT2D eigenvalue weighted by molar-refractivity contribution is 5.58. The van der Waals surface area contributed by atoms with Crippen LogP contribution in [-0.2, 0) is 0 Å². The van der Waals surface area contributed by atoms with Gasteiger partial charge in [-0.25, -0.2) is 19.6 Å². The van der Waals surface area contributed by atoms with Gasteiger partial charge in [0.05, 0.1) is 0 Å². The molecule has 2 aromatic heterocycles. The molecule has 1 aromatic carbocycles. The molecule has 2 heterocycles. The smallest absolute Gasteiger partial charge is 0.163 e. The summed E-state index contributed by atoms with van der Waals surface area (Å²) in [5, 5.41) is 7.32. The van der Waals surface area contributed by atoms with Crippen LogP contribution in [0, 0.1) is 0 Å². The highest BCUT2D eigenvalue weighted by Crippen LogP contribution is 2.19. The number of nitrogens with zero attached hydrogens (tertiary/aromatic N) is 5. The van der Waals surface area contributed by atoms with E-state index < -0.39 is 0 Å². The average molecular weight is 266 g/mol. The van der Waals surface area contributed by atoms with Gasteiger partial charge in [0.2, 0.25) is 0 Å². The van der Waals surface area contributed by atoms with E-state index in [2.05, 4.69) is 25.4 Å². The Bertz CT molecular complexity index is 678. The Kier molecular flexibility index (Phi) is 3.36. The molecule has 0 spiro atoms. The van der Waals surface area contributed by atoms with Crippen molar-refractivity contribution in [3.05, 3.63) is 49.1 Å². The van der Waals surface area contributed by atoms with Crippen LogP contribution in [0.2, 0.25) is 0 Å². The molecular formula is C14H14N6. The van der Waals surface area contributed by atoms with Crippen LogP contribution in [0.4, 0.5) is 5.82 Å². The van der Waals surface area contributed by atoms with Gasteiger partial charge in [0.15, 0.2) is 11.6 Å². The van der Waals surface area contributed by atoms with Gasteiger partial charge in [0.25, 0.3) is 0 Å². The van der Waals surface area contributed by atoms with Crippen LogP contribution in [0.3, 0.4) is 0 Å². The molecule has 0 fully saturated rings. The van der Waals surface area contributed by atoms with Crippen molar-refractivity contribution in [3.63, 3.8) is 0 Å². The van der Waals surface area contributed by atoms with Crippen LogP contribution in [0.25, 0.3) is 17.2 Å². The van der Waals surface area contributed by atoms with E-state index in [0.717, 1.165) is 17.9 Å². The molecule has 0 saturated heterocycles. The molecule has 100 valence electrons. The van der Waals surface area contributed by atoms with Gasteiger partial charge in [-0.05, 0) is 6.92 Å². The lowest BCUT2D eigenvalue weighted by molar-refractivity contribution is 0.840. The van der Waals surface area contributed by atoms with Crippen LogP contribution < -0.4 is 5.32 Å². The Balaban J connectivity index is 2.10. The fourth-order valence-corrected chi connectivity index (χ4v) is 1.87. The number of nitrogens with one attached hydrogen (secondary N) is 1. The molecule has 6 heteroatoms. The Hall–Kier alpha value is -2.76. The fourth-order valence-electron chi connectivity index (χ4n) is 1.87. The highest BCUT2D eigenvalue weighted by Gasteiger charge is 2.08. The summed E-state index contributed by atoms with van der Waals surface area (Å²) in [6.45, 7) is 2.82. The van der Waals surface area contributed by atoms with E-state index in [9.17, 15) is 0 Å². The summed E-state index contributed by atoms with van der Waals surface area (Å²) in [5.41, 5.74) is 0.966. The van der Waals surface area contributed by atoms with Crippen molar-refractivity contribution in [1.29, 1.82) is 0 Å². The molecule has 0 aliphatic carbocycles. The third-order valence-corrected chi connectivity index (χ3v) is 2.76. The lowest BCUT2D eigenvalue weighted by Crippen LogP contribution is -2.06. The van der Waals surface area contributed by atoms with Crippen molar-refractivity contribution >= 4 is 5.82 Å². The summed E-state index contributed by atoms with van der Waals surface area (Å²) in [5.74, 6) is 2.12. The quantitative estimate of drug-likeness (QED) is 0.783. The van der Waals surface area contributed by atoms with Crippen LogP contribution in [0.5, 0.6) is 0 Å². The molecule has 0 bridgehead atoms. The van der Waals surface area contributed by atoms with Gasteiger partial charge < -0.3 is 5.32 Å². The molecule has 3 aromatic rings. The first-order chi connectivity index (χ1) is 9.86. The van der Waals surface area contributed by atoms with Crippen molar-refractivity contribution in [2.24, 2.45) is 0 Å². The van der Waals surface area contributed by atoms with E-state index in [1.54, 1.807) is 11.0 Å². The van der Waals surface area contributed by atoms with E-state index >= 15 is 0 Å². The summed E-state index contributed by atoms with van der Waals surface area (Å²) in [6, 6.07) is 11.7. The van der Waals surface area contributed by atoms with Crippen molar-refractivity contribution in [2.45, 2.75) is 6.92 Å². The second-order valence-corrected chi connectivity index (χ2v) is 4.17. The maximum Gasteiger partial charge on any atom is 0.163 e. The number of rotatable bonds is 4. The third-order valence-electron chi connectivity index (χ3n) is 2.76. The Morgan fingerprint density at radius 2 is 2.00 bits per heavy atom. The summed E-state index contributed by atoms with van der Waals surface area (Å²) < 4.78 is 1.62. The molecule has 0 aliphatic heterocycles. The summed E-state index contributed by atoms with van der Waals surface area (Å²) in [4.78, 5) is 13.0. The lowest BCUT2D eigenvalue weighted by atomic mass is 10.2. The molecule has 0 unspecified atom stereocenters. The number of hydrogen-bond acceptors (Lipinski definition) is 5. The molecule has 0 aliphatic rings. The maximum absolute atomic E-state index is 4.54. The van der Waals surface area contributed by atoms with Gasteiger partial charge in [-0.3, -0.25) is 0 Å². The molecule has 0 radical (unpaired) electrons. The van der Waals surface area contributed by atoms with Gasteiger partial charge in [0, 0.05) is 18.2 Å². The van der Waals surface area contributed by atoms with Gasteiger partial charge >= 0.3 is 0 Å². The Morgan fingerprint density at radius 3 is 2.70 bits per heavy atom. The van der Waals surface area contributed by atoms with Gasteiger partial charge in [-0.15, -0.1) is 0 Å². The third kappa shape index (κ3) is 2.49. The predicted octanol–water partition coefficient (Wildman–Crippen LogP) is 2.16. The highest BCUT2D eigenvalue weighted by atomic mass is 15.3. The zero-order chi connectivity index (χ0) is 13.8. The fraction of sp³-hybridized carbons (Fsp3) is 0.143. The first-order valence-electron chi connectivity index (χ1n) is 6.40. The van der Waals surface area contributed by atoms with E-state index in [-0.39, 0.29) is 0 Å². The standard InChI is InChI=1S/C14H14N6/c1-2-16-12-8-13(20-10-15-9-17-20)19-14(18-12)11-6-4-3-5-7-11/h3-10H,2H2,1H3,(H,16,18,19). The molecule has 0 amide bonds. The summed E-state index contributed by atoms with van der Waals surface area (Å²) in [6.07, 6.45) is 3.10. The van der Waals surface area contributed by atoms with Crippen molar-refractivity contribution in [1.82, 2.24) is 24.7 Å². The minimum atomic E-state index is 0.662. The topological polar surface area (TPSA) is 68.5 Å². The summed E-state index contributed by atoms with van der Waals surface area (Å²) in [7, 11) is 0. The first-order valence-corrected chi connectivity index (χ1v) is 6.40. The van der Waals surface area contributed by atoms with E-state index in [1.165, 1.54) is 6.33 Å². The minimum Gasteiger partial charge on any atom is -0.370 e. The van der Waals surface area contributed by atoms with E-state index in [1.807, 2.05) is 43.3 Å². The second-order valence-electron chi connectivity index (χ2n) is 4.17. The lowest BCUT2D eigenvalue weighted by Gasteiger charge is -2.08. The number of aromatic nitrogens is 5. The van der Waals surface area contributed by atoms with Crippen molar-refractivity contribution in [2.75, 3.05) is 11.9 Å². The van der Waals surface area contributed by atoms with Gasteiger partial charge in [0.1, 0.15) is 18.5 Å². The zero-order valence-electron chi connectivity index (χ0n) is 11.1. The van der Waals surface area contributed by atoms with Crippen LogP contribution in [0.1, 0.15) is 6.92 Å². The van der Waals surface area contributed by atoms with Crippen LogP contribution in [-0.4, -0.2) is 31.3 Å². The zero-order valence-corrected chi connectivity index (χ0v) is 11.1. The maximum atomic E-state index is 4.54. The van der Waals surface area contributed by atoms with Crippen molar-refractivity contribution in [3.8, 4) is 17.2 Å². The van der Waals surface area contributed by atoms with Crippen LogP contribution in [0.15, 0.2) is 49.1 Å². The van der Waals surface area contributed by atoms with Crippen LogP contribution >= 0.6 is 0 Å². The van der Waals surface area contributed by atoms with Crippen molar-refractivity contribution < 1.29 is 0 Å². The molecule has 0 saturated carbocycles. The largest absolute Gasteiger partial charge is 0.370 e. The molecule has 6 nitrogen and oxygen atoms in total. The van der Waals surface area contributed by atoms with Gasteiger partial charge in [-0.2, -0.15) is 5.10 Å². The molecule has 1 N–H and O–H groups in total. The number of anilines is 1. The van der Waals surface area contributed by atoms with E-state index in [0.29, 0.717) is 11.6 Å². The molecule has 0 atom stereocenters. The number of hydrogen-bond donors (Lipinski definition) is 1. The predicted molar refractivity (Wildman–Crippen MR) is 76.5 cm³/mol.